The van der Waals surface area contributed by atoms with E-state index in [4.69, 9.17) is 14.0 Å². The number of hydrogen-bond acceptors (Lipinski definition) is 5. The summed E-state index contributed by atoms with van der Waals surface area (Å²) in [6, 6.07) is 0. The Morgan fingerprint density at radius 3 is 2.43 bits per heavy atom. The minimum Gasteiger partial charge on any atom is -0.448 e. The predicted octanol–water partition coefficient (Wildman–Crippen LogP) is 1.82. The normalized spacial score (nSPS) is 20.0. The van der Waals surface area contributed by atoms with E-state index in [-0.39, 0.29) is 5.92 Å². The van der Waals surface area contributed by atoms with Gasteiger partial charge in [-0.25, -0.2) is 4.79 Å². The molecule has 7 heteroatoms. The van der Waals surface area contributed by atoms with Crippen LogP contribution < -0.4 is 5.46 Å². The monoisotopic (exact) mass is 294 g/mol. The van der Waals surface area contributed by atoms with Crippen molar-refractivity contribution in [2.45, 2.75) is 52.7 Å². The fourth-order valence-corrected chi connectivity index (χ4v) is 1.84. The molecule has 21 heavy (non-hydrogen) atoms. The molecule has 0 aromatic carbocycles. The van der Waals surface area contributed by atoms with Crippen LogP contribution in [0.4, 0.5) is 4.79 Å². The Bertz CT molecular complexity index is 509. The van der Waals surface area contributed by atoms with Gasteiger partial charge in [-0.15, -0.1) is 0 Å². The van der Waals surface area contributed by atoms with Gasteiger partial charge in [0, 0.05) is 17.9 Å². The maximum absolute atomic E-state index is 11.8. The van der Waals surface area contributed by atoms with Gasteiger partial charge >= 0.3 is 13.2 Å². The summed E-state index contributed by atoms with van der Waals surface area (Å²) < 4.78 is 18.1. The van der Waals surface area contributed by atoms with Gasteiger partial charge in [-0.1, -0.05) is 13.8 Å². The minimum absolute atomic E-state index is 0.284. The summed E-state index contributed by atoms with van der Waals surface area (Å²) >= 11 is 0. The van der Waals surface area contributed by atoms with E-state index in [1.807, 2.05) is 41.5 Å². The second kappa shape index (κ2) is 5.46. The van der Waals surface area contributed by atoms with Crippen LogP contribution in [0, 0.1) is 5.92 Å². The Kier molecular flexibility index (Phi) is 4.17. The highest BCUT2D eigenvalue weighted by molar-refractivity contribution is 6.62. The predicted molar refractivity (Wildman–Crippen MR) is 79.5 cm³/mol. The highest BCUT2D eigenvalue weighted by Crippen LogP contribution is 2.36. The maximum Gasteiger partial charge on any atom is 0.498 e. The fraction of sp³-hybridized carbons (Fsp3) is 0.714. The van der Waals surface area contributed by atoms with E-state index >= 15 is 0 Å². The van der Waals surface area contributed by atoms with Gasteiger partial charge in [0.2, 0.25) is 0 Å². The van der Waals surface area contributed by atoms with E-state index in [1.54, 1.807) is 12.4 Å². The molecule has 2 rings (SSSR count). The molecule has 0 unspecified atom stereocenters. The summed E-state index contributed by atoms with van der Waals surface area (Å²) in [7, 11) is -0.526. The van der Waals surface area contributed by atoms with Gasteiger partial charge < -0.3 is 14.0 Å². The van der Waals surface area contributed by atoms with E-state index in [1.165, 1.54) is 4.68 Å². The third-order valence-corrected chi connectivity index (χ3v) is 3.86. The third kappa shape index (κ3) is 3.29. The zero-order valence-corrected chi connectivity index (χ0v) is 13.5. The lowest BCUT2D eigenvalue weighted by Gasteiger charge is -2.32. The fourth-order valence-electron chi connectivity index (χ4n) is 1.84. The van der Waals surface area contributed by atoms with Crippen molar-refractivity contribution in [1.29, 1.82) is 0 Å². The summed E-state index contributed by atoms with van der Waals surface area (Å²) in [6.07, 6.45) is 2.66. The Balaban J connectivity index is 2.06. The standard InChI is InChI=1S/C14H23BN2O4/c1-10(2)9-19-12(18)17-8-11(7-16-17)15-20-13(3,4)14(5,6)21-15/h7-8,10H,9H2,1-6H3. The number of carbonyl (C=O) groups is 1. The smallest absolute Gasteiger partial charge is 0.448 e. The van der Waals surface area contributed by atoms with Crippen LogP contribution in [0.1, 0.15) is 41.5 Å². The van der Waals surface area contributed by atoms with Crippen LogP contribution in [0.5, 0.6) is 0 Å². The zero-order chi connectivity index (χ0) is 15.8. The van der Waals surface area contributed by atoms with Crippen LogP contribution in [0.2, 0.25) is 0 Å². The number of ether oxygens (including phenoxy) is 1. The first-order valence-corrected chi connectivity index (χ1v) is 7.20. The molecule has 2 heterocycles. The summed E-state index contributed by atoms with van der Waals surface area (Å²) in [5.41, 5.74) is -0.134. The van der Waals surface area contributed by atoms with E-state index in [0.717, 1.165) is 0 Å². The van der Waals surface area contributed by atoms with Crippen molar-refractivity contribution >= 4 is 18.7 Å². The largest absolute Gasteiger partial charge is 0.498 e. The highest BCUT2D eigenvalue weighted by Gasteiger charge is 2.52. The zero-order valence-electron chi connectivity index (χ0n) is 13.5. The Morgan fingerprint density at radius 1 is 1.33 bits per heavy atom. The number of carbonyl (C=O) groups excluding carboxylic acids is 1. The molecule has 0 N–H and O–H groups in total. The molecule has 1 saturated heterocycles. The molecule has 0 saturated carbocycles. The summed E-state index contributed by atoms with van der Waals surface area (Å²) in [6.45, 7) is 12.2. The molecule has 1 aliphatic rings. The Morgan fingerprint density at radius 2 is 1.90 bits per heavy atom. The number of nitrogens with zero attached hydrogens (tertiary/aromatic N) is 2. The van der Waals surface area contributed by atoms with Crippen LogP contribution >= 0.6 is 0 Å². The first kappa shape index (κ1) is 16.0. The lowest BCUT2D eigenvalue weighted by molar-refractivity contribution is 0.00578. The van der Waals surface area contributed by atoms with Crippen LogP contribution in [0.3, 0.4) is 0 Å². The molecule has 0 amide bonds. The van der Waals surface area contributed by atoms with Gasteiger partial charge in [-0.05, 0) is 33.6 Å². The van der Waals surface area contributed by atoms with Crippen molar-refractivity contribution in [3.8, 4) is 0 Å². The second-order valence-corrected chi connectivity index (χ2v) is 6.78. The van der Waals surface area contributed by atoms with Crippen molar-refractivity contribution < 1.29 is 18.8 Å². The van der Waals surface area contributed by atoms with Gasteiger partial charge in [-0.2, -0.15) is 9.78 Å². The van der Waals surface area contributed by atoms with Crippen LogP contribution in [-0.4, -0.2) is 40.8 Å². The average Bonchev–Trinajstić information content (AvgIpc) is 2.90. The average molecular weight is 294 g/mol. The van der Waals surface area contributed by atoms with E-state index in [0.29, 0.717) is 12.1 Å². The number of hydrogen-bond donors (Lipinski definition) is 0. The summed E-state index contributed by atoms with van der Waals surface area (Å²) in [5.74, 6) is 0.284. The molecular weight excluding hydrogens is 271 g/mol. The number of rotatable bonds is 3. The highest BCUT2D eigenvalue weighted by atomic mass is 16.7. The van der Waals surface area contributed by atoms with Gasteiger partial charge in [0.05, 0.1) is 17.8 Å². The SMILES string of the molecule is CC(C)COC(=O)n1cc(B2OC(C)(C)C(C)(C)O2)cn1. The van der Waals surface area contributed by atoms with Crippen molar-refractivity contribution in [2.75, 3.05) is 6.61 Å². The van der Waals surface area contributed by atoms with Crippen molar-refractivity contribution in [2.24, 2.45) is 5.92 Å². The molecule has 6 nitrogen and oxygen atoms in total. The lowest BCUT2D eigenvalue weighted by atomic mass is 9.82. The summed E-state index contributed by atoms with van der Waals surface area (Å²) in [4.78, 5) is 11.8. The first-order chi connectivity index (χ1) is 9.62. The maximum atomic E-state index is 11.8. The van der Waals surface area contributed by atoms with E-state index in [9.17, 15) is 4.79 Å². The second-order valence-electron chi connectivity index (χ2n) is 6.78. The quantitative estimate of drug-likeness (QED) is 0.796. The van der Waals surface area contributed by atoms with Crippen molar-refractivity contribution in [3.05, 3.63) is 12.4 Å². The molecule has 0 aliphatic carbocycles. The molecular formula is C14H23BN2O4. The summed E-state index contributed by atoms with van der Waals surface area (Å²) in [5, 5.41) is 4.02. The Hall–Kier alpha value is -1.34. The molecule has 0 bridgehead atoms. The van der Waals surface area contributed by atoms with Gasteiger partial charge in [-0.3, -0.25) is 0 Å². The van der Waals surface area contributed by atoms with Crippen LogP contribution in [-0.2, 0) is 14.0 Å². The molecule has 1 aromatic rings. The lowest BCUT2D eigenvalue weighted by Crippen LogP contribution is -2.41. The third-order valence-electron chi connectivity index (χ3n) is 3.86. The molecule has 1 aliphatic heterocycles. The van der Waals surface area contributed by atoms with Crippen molar-refractivity contribution in [1.82, 2.24) is 9.78 Å². The van der Waals surface area contributed by atoms with E-state index in [2.05, 4.69) is 5.10 Å². The Labute approximate surface area is 125 Å². The molecule has 1 fully saturated rings. The topological polar surface area (TPSA) is 62.6 Å². The van der Waals surface area contributed by atoms with Crippen molar-refractivity contribution in [3.63, 3.8) is 0 Å². The molecule has 1 aromatic heterocycles. The molecule has 0 radical (unpaired) electrons. The number of aromatic nitrogens is 2. The molecule has 0 atom stereocenters. The van der Waals surface area contributed by atoms with Crippen LogP contribution in [0.15, 0.2) is 12.4 Å². The molecule has 0 spiro atoms. The molecule has 116 valence electrons. The van der Waals surface area contributed by atoms with Gasteiger partial charge in [0.25, 0.3) is 0 Å². The first-order valence-electron chi connectivity index (χ1n) is 7.20. The minimum atomic E-state index is -0.526. The van der Waals surface area contributed by atoms with Gasteiger partial charge in [0.15, 0.2) is 0 Å². The van der Waals surface area contributed by atoms with E-state index < -0.39 is 24.4 Å². The van der Waals surface area contributed by atoms with Crippen LogP contribution in [0.25, 0.3) is 0 Å². The van der Waals surface area contributed by atoms with Gasteiger partial charge in [0.1, 0.15) is 0 Å².